The van der Waals surface area contributed by atoms with Crippen LogP contribution in [0.3, 0.4) is 0 Å². The topological polar surface area (TPSA) is 74.4 Å². The Labute approximate surface area is 86.0 Å². The molecule has 0 unspecified atom stereocenters. The third kappa shape index (κ3) is 2.43. The quantitative estimate of drug-likeness (QED) is 0.596. The van der Waals surface area contributed by atoms with Gasteiger partial charge in [-0.05, 0) is 18.5 Å². The van der Waals surface area contributed by atoms with Gasteiger partial charge in [0.05, 0.1) is 12.3 Å². The summed E-state index contributed by atoms with van der Waals surface area (Å²) in [5, 5.41) is 0.393. The lowest BCUT2D eigenvalue weighted by Crippen LogP contribution is -2.11. The number of methoxy groups -OCH3 is 1. The van der Waals surface area contributed by atoms with Crippen molar-refractivity contribution >= 4 is 22.5 Å². The summed E-state index contributed by atoms with van der Waals surface area (Å²) < 4.78 is 13.6. The molecular weight excluding hydrogens is 204 g/mol. The third-order valence-corrected chi connectivity index (χ3v) is 2.38. The highest BCUT2D eigenvalue weighted by molar-refractivity contribution is 7.10. The summed E-state index contributed by atoms with van der Waals surface area (Å²) in [5.74, 6) is -0.439. The van der Waals surface area contributed by atoms with E-state index >= 15 is 0 Å². The highest BCUT2D eigenvalue weighted by Crippen LogP contribution is 2.21. The van der Waals surface area contributed by atoms with Crippen LogP contribution in [0, 0.1) is 6.92 Å². The van der Waals surface area contributed by atoms with E-state index in [0.717, 1.165) is 11.5 Å². The van der Waals surface area contributed by atoms with Crippen LogP contribution in [-0.4, -0.2) is 30.7 Å². The molecule has 14 heavy (non-hydrogen) atoms. The standard InChI is InChI=1S/C8H12N2O3S/c1-5-6(7(9)14-10-5)8(11)13-4-3-12-2/h3-4,9H2,1-2H3. The second-order valence-corrected chi connectivity index (χ2v) is 3.44. The van der Waals surface area contributed by atoms with Gasteiger partial charge in [0.2, 0.25) is 0 Å². The van der Waals surface area contributed by atoms with E-state index < -0.39 is 5.97 Å². The molecule has 0 spiro atoms. The number of nitrogens with two attached hydrogens (primary N) is 1. The number of nitrogens with zero attached hydrogens (tertiary/aromatic N) is 1. The van der Waals surface area contributed by atoms with Crippen molar-refractivity contribution in [2.45, 2.75) is 6.92 Å². The molecule has 0 aliphatic carbocycles. The SMILES string of the molecule is COCCOC(=O)c1c(C)nsc1N. The van der Waals surface area contributed by atoms with E-state index in [1.165, 1.54) is 0 Å². The molecule has 6 heteroatoms. The number of ether oxygens (including phenoxy) is 2. The second-order valence-electron chi connectivity index (χ2n) is 2.64. The largest absolute Gasteiger partial charge is 0.460 e. The molecule has 1 aromatic rings. The number of anilines is 1. The predicted octanol–water partition coefficient (Wildman–Crippen LogP) is 0.837. The van der Waals surface area contributed by atoms with Crippen molar-refractivity contribution in [3.63, 3.8) is 0 Å². The fourth-order valence-electron chi connectivity index (χ4n) is 0.925. The molecule has 0 bridgehead atoms. The second kappa shape index (κ2) is 4.92. The average Bonchev–Trinajstić information content (AvgIpc) is 2.46. The van der Waals surface area contributed by atoms with E-state index in [9.17, 15) is 4.79 Å². The molecule has 0 fully saturated rings. The molecule has 0 atom stereocenters. The number of esters is 1. The Bertz CT molecular complexity index is 305. The lowest BCUT2D eigenvalue weighted by Gasteiger charge is -2.03. The van der Waals surface area contributed by atoms with Crippen LogP contribution >= 0.6 is 11.5 Å². The molecular formula is C8H12N2O3S. The maximum Gasteiger partial charge on any atom is 0.343 e. The molecule has 1 rings (SSSR count). The molecule has 1 aromatic heterocycles. The van der Waals surface area contributed by atoms with Gasteiger partial charge in [-0.3, -0.25) is 0 Å². The van der Waals surface area contributed by atoms with Crippen LogP contribution in [0.2, 0.25) is 0 Å². The van der Waals surface area contributed by atoms with Crippen LogP contribution in [0.5, 0.6) is 0 Å². The third-order valence-electron chi connectivity index (χ3n) is 1.61. The molecule has 78 valence electrons. The zero-order valence-electron chi connectivity index (χ0n) is 8.07. The number of aryl methyl sites for hydroxylation is 1. The first-order valence-electron chi connectivity index (χ1n) is 4.04. The van der Waals surface area contributed by atoms with Crippen molar-refractivity contribution in [3.8, 4) is 0 Å². The zero-order valence-corrected chi connectivity index (χ0v) is 8.89. The Morgan fingerprint density at radius 2 is 2.29 bits per heavy atom. The Morgan fingerprint density at radius 3 is 2.79 bits per heavy atom. The molecule has 0 amide bonds. The van der Waals surface area contributed by atoms with E-state index in [0.29, 0.717) is 22.9 Å². The van der Waals surface area contributed by atoms with E-state index in [4.69, 9.17) is 15.2 Å². The van der Waals surface area contributed by atoms with E-state index in [1.807, 2.05) is 0 Å². The highest BCUT2D eigenvalue weighted by atomic mass is 32.1. The molecule has 0 saturated carbocycles. The van der Waals surface area contributed by atoms with Crippen LogP contribution < -0.4 is 5.73 Å². The first kappa shape index (κ1) is 10.9. The Kier molecular flexibility index (Phi) is 3.84. The molecule has 0 saturated heterocycles. The molecule has 0 aromatic carbocycles. The minimum absolute atomic E-state index is 0.226. The van der Waals surface area contributed by atoms with Gasteiger partial charge in [0, 0.05) is 7.11 Å². The number of hydrogen-bond donors (Lipinski definition) is 1. The first-order valence-corrected chi connectivity index (χ1v) is 4.82. The summed E-state index contributed by atoms with van der Waals surface area (Å²) in [7, 11) is 1.54. The molecule has 2 N–H and O–H groups in total. The number of hydrogen-bond acceptors (Lipinski definition) is 6. The number of nitrogen functional groups attached to an aromatic ring is 1. The van der Waals surface area contributed by atoms with Crippen molar-refractivity contribution in [2.75, 3.05) is 26.1 Å². The van der Waals surface area contributed by atoms with E-state index in [1.54, 1.807) is 14.0 Å². The van der Waals surface area contributed by atoms with Crippen molar-refractivity contribution in [3.05, 3.63) is 11.3 Å². The van der Waals surface area contributed by atoms with Gasteiger partial charge in [0.1, 0.15) is 17.2 Å². The van der Waals surface area contributed by atoms with Gasteiger partial charge < -0.3 is 15.2 Å². The smallest absolute Gasteiger partial charge is 0.343 e. The van der Waals surface area contributed by atoms with Crippen molar-refractivity contribution in [1.29, 1.82) is 0 Å². The number of aromatic nitrogens is 1. The summed E-state index contributed by atoms with van der Waals surface area (Å²) in [4.78, 5) is 11.4. The molecule has 1 heterocycles. The summed E-state index contributed by atoms with van der Waals surface area (Å²) in [6.07, 6.45) is 0. The monoisotopic (exact) mass is 216 g/mol. The number of carbonyl (C=O) groups excluding carboxylic acids is 1. The van der Waals surface area contributed by atoms with Gasteiger partial charge in [-0.1, -0.05) is 0 Å². The normalized spacial score (nSPS) is 10.1. The molecule has 5 nitrogen and oxygen atoms in total. The lowest BCUT2D eigenvalue weighted by atomic mass is 10.2. The van der Waals surface area contributed by atoms with Gasteiger partial charge >= 0.3 is 5.97 Å². The van der Waals surface area contributed by atoms with Crippen LogP contribution in [0.15, 0.2) is 0 Å². The van der Waals surface area contributed by atoms with E-state index in [2.05, 4.69) is 4.37 Å². The van der Waals surface area contributed by atoms with Gasteiger partial charge in [-0.25, -0.2) is 4.79 Å². The van der Waals surface area contributed by atoms with Crippen LogP contribution in [0.1, 0.15) is 16.1 Å². The van der Waals surface area contributed by atoms with Crippen molar-refractivity contribution in [2.24, 2.45) is 0 Å². The van der Waals surface area contributed by atoms with E-state index in [-0.39, 0.29) is 6.61 Å². The van der Waals surface area contributed by atoms with Crippen LogP contribution in [0.25, 0.3) is 0 Å². The van der Waals surface area contributed by atoms with Gasteiger partial charge in [0.15, 0.2) is 0 Å². The van der Waals surface area contributed by atoms with Crippen molar-refractivity contribution in [1.82, 2.24) is 4.37 Å². The molecule has 0 radical (unpaired) electrons. The number of carbonyl (C=O) groups is 1. The molecule has 0 aliphatic rings. The number of rotatable bonds is 4. The highest BCUT2D eigenvalue weighted by Gasteiger charge is 2.17. The summed E-state index contributed by atoms with van der Waals surface area (Å²) in [5.41, 5.74) is 6.54. The van der Waals surface area contributed by atoms with Gasteiger partial charge in [-0.2, -0.15) is 4.37 Å². The Balaban J connectivity index is 2.60. The Morgan fingerprint density at radius 1 is 1.57 bits per heavy atom. The minimum atomic E-state index is -0.439. The Hall–Kier alpha value is -1.14. The van der Waals surface area contributed by atoms with Gasteiger partial charge in [-0.15, -0.1) is 0 Å². The minimum Gasteiger partial charge on any atom is -0.460 e. The predicted molar refractivity (Wildman–Crippen MR) is 53.4 cm³/mol. The van der Waals surface area contributed by atoms with Crippen LogP contribution in [0.4, 0.5) is 5.00 Å². The van der Waals surface area contributed by atoms with Gasteiger partial charge in [0.25, 0.3) is 0 Å². The zero-order chi connectivity index (χ0) is 10.6. The maximum atomic E-state index is 11.4. The fourth-order valence-corrected chi connectivity index (χ4v) is 1.57. The average molecular weight is 216 g/mol. The lowest BCUT2D eigenvalue weighted by molar-refractivity contribution is 0.0388. The first-order chi connectivity index (χ1) is 6.66. The van der Waals surface area contributed by atoms with Crippen molar-refractivity contribution < 1.29 is 14.3 Å². The molecule has 0 aliphatic heterocycles. The fraction of sp³-hybridized carbons (Fsp3) is 0.500. The maximum absolute atomic E-state index is 11.4. The van der Waals surface area contributed by atoms with Crippen LogP contribution in [-0.2, 0) is 9.47 Å². The summed E-state index contributed by atoms with van der Waals surface area (Å²) in [6.45, 7) is 2.33. The summed E-state index contributed by atoms with van der Waals surface area (Å²) in [6, 6.07) is 0. The summed E-state index contributed by atoms with van der Waals surface area (Å²) >= 11 is 1.09.